The van der Waals surface area contributed by atoms with Gasteiger partial charge in [-0.25, -0.2) is 4.39 Å². The standard InChI is InChI=1S/C17H23FN2S/c1-12(2)19-10-16-13(11-20-8-3-4-9-20)17-14(18)6-5-7-15(17)21-16/h5-7,12,19H,3-4,8-11H2,1-2H3. The summed E-state index contributed by atoms with van der Waals surface area (Å²) in [6, 6.07) is 5.88. The Morgan fingerprint density at radius 2 is 2.05 bits per heavy atom. The molecule has 114 valence electrons. The van der Waals surface area contributed by atoms with Crippen molar-refractivity contribution in [3.8, 4) is 0 Å². The van der Waals surface area contributed by atoms with Gasteiger partial charge in [-0.15, -0.1) is 11.3 Å². The summed E-state index contributed by atoms with van der Waals surface area (Å²) in [5.41, 5.74) is 1.20. The van der Waals surface area contributed by atoms with Crippen LogP contribution in [0.25, 0.3) is 10.1 Å². The molecule has 1 fully saturated rings. The molecule has 0 spiro atoms. The molecular weight excluding hydrogens is 283 g/mol. The Morgan fingerprint density at radius 1 is 1.29 bits per heavy atom. The van der Waals surface area contributed by atoms with Gasteiger partial charge in [-0.3, -0.25) is 4.90 Å². The molecule has 4 heteroatoms. The van der Waals surface area contributed by atoms with Crippen LogP contribution in [0.2, 0.25) is 0 Å². The average molecular weight is 306 g/mol. The highest BCUT2D eigenvalue weighted by Gasteiger charge is 2.20. The molecule has 0 radical (unpaired) electrons. The van der Waals surface area contributed by atoms with Crippen LogP contribution >= 0.6 is 11.3 Å². The molecule has 0 unspecified atom stereocenters. The summed E-state index contributed by atoms with van der Waals surface area (Å²) in [7, 11) is 0. The molecule has 2 heterocycles. The van der Waals surface area contributed by atoms with Gasteiger partial charge in [0.2, 0.25) is 0 Å². The third-order valence-electron chi connectivity index (χ3n) is 4.10. The number of thiophene rings is 1. The SMILES string of the molecule is CC(C)NCc1sc2cccc(F)c2c1CN1CCCC1. The van der Waals surface area contributed by atoms with E-state index >= 15 is 0 Å². The molecule has 3 rings (SSSR count). The van der Waals surface area contributed by atoms with Gasteiger partial charge in [-0.05, 0) is 43.6 Å². The largest absolute Gasteiger partial charge is 0.310 e. The number of hydrogen-bond acceptors (Lipinski definition) is 3. The van der Waals surface area contributed by atoms with Gasteiger partial charge in [-0.2, -0.15) is 0 Å². The summed E-state index contributed by atoms with van der Waals surface area (Å²) in [6.07, 6.45) is 2.54. The number of benzene rings is 1. The van der Waals surface area contributed by atoms with Crippen LogP contribution in [0.3, 0.4) is 0 Å². The molecule has 1 aromatic carbocycles. The molecule has 0 aliphatic carbocycles. The van der Waals surface area contributed by atoms with Crippen molar-refractivity contribution in [1.82, 2.24) is 10.2 Å². The highest BCUT2D eigenvalue weighted by atomic mass is 32.1. The fourth-order valence-electron chi connectivity index (χ4n) is 2.99. The van der Waals surface area contributed by atoms with Crippen LogP contribution in [-0.4, -0.2) is 24.0 Å². The molecule has 1 saturated heterocycles. The number of nitrogens with zero attached hydrogens (tertiary/aromatic N) is 1. The second-order valence-corrected chi connectivity index (χ2v) is 7.27. The van der Waals surface area contributed by atoms with Crippen LogP contribution in [0.15, 0.2) is 18.2 Å². The number of halogens is 1. The van der Waals surface area contributed by atoms with Gasteiger partial charge in [0.25, 0.3) is 0 Å². The Kier molecular flexibility index (Phi) is 4.57. The highest BCUT2D eigenvalue weighted by Crippen LogP contribution is 2.34. The van der Waals surface area contributed by atoms with Crippen LogP contribution in [0.1, 0.15) is 37.1 Å². The lowest BCUT2D eigenvalue weighted by atomic mass is 10.1. The zero-order valence-electron chi connectivity index (χ0n) is 12.8. The molecule has 0 amide bonds. The van der Waals surface area contributed by atoms with Gasteiger partial charge in [-0.1, -0.05) is 19.9 Å². The second kappa shape index (κ2) is 6.42. The number of hydrogen-bond donors (Lipinski definition) is 1. The summed E-state index contributed by atoms with van der Waals surface area (Å²) >= 11 is 1.73. The van der Waals surface area contributed by atoms with E-state index in [1.807, 2.05) is 12.1 Å². The van der Waals surface area contributed by atoms with Crippen molar-refractivity contribution in [2.45, 2.75) is 45.8 Å². The molecule has 2 aromatic rings. The molecule has 1 N–H and O–H groups in total. The summed E-state index contributed by atoms with van der Waals surface area (Å²) < 4.78 is 15.4. The normalized spacial score (nSPS) is 16.4. The molecule has 0 saturated carbocycles. The van der Waals surface area contributed by atoms with E-state index in [1.54, 1.807) is 17.4 Å². The van der Waals surface area contributed by atoms with E-state index < -0.39 is 0 Å². The predicted molar refractivity (Wildman–Crippen MR) is 88.3 cm³/mol. The van der Waals surface area contributed by atoms with Crippen LogP contribution < -0.4 is 5.32 Å². The molecule has 1 aliphatic rings. The number of likely N-dealkylation sites (tertiary alicyclic amines) is 1. The first-order valence-corrected chi connectivity index (χ1v) is 8.61. The lowest BCUT2D eigenvalue weighted by Gasteiger charge is -2.16. The number of fused-ring (bicyclic) bond motifs is 1. The zero-order valence-corrected chi connectivity index (χ0v) is 13.6. The molecule has 1 aromatic heterocycles. The van der Waals surface area contributed by atoms with Crippen molar-refractivity contribution in [1.29, 1.82) is 0 Å². The lowest BCUT2D eigenvalue weighted by molar-refractivity contribution is 0.331. The van der Waals surface area contributed by atoms with E-state index in [9.17, 15) is 4.39 Å². The van der Waals surface area contributed by atoms with E-state index in [-0.39, 0.29) is 5.82 Å². The van der Waals surface area contributed by atoms with E-state index in [0.29, 0.717) is 6.04 Å². The highest BCUT2D eigenvalue weighted by molar-refractivity contribution is 7.19. The molecular formula is C17H23FN2S. The smallest absolute Gasteiger partial charge is 0.132 e. The van der Waals surface area contributed by atoms with Gasteiger partial charge >= 0.3 is 0 Å². The first-order valence-electron chi connectivity index (χ1n) is 7.79. The topological polar surface area (TPSA) is 15.3 Å². The Hall–Kier alpha value is -0.970. The van der Waals surface area contributed by atoms with E-state index in [1.165, 1.54) is 23.3 Å². The predicted octanol–water partition coefficient (Wildman–Crippen LogP) is 4.13. The van der Waals surface area contributed by atoms with E-state index in [2.05, 4.69) is 24.1 Å². The van der Waals surface area contributed by atoms with Crippen molar-refractivity contribution in [3.05, 3.63) is 34.5 Å². The Bertz CT molecular complexity index is 615. The molecule has 1 aliphatic heterocycles. The van der Waals surface area contributed by atoms with Gasteiger partial charge in [0.1, 0.15) is 5.82 Å². The zero-order chi connectivity index (χ0) is 14.8. The van der Waals surface area contributed by atoms with E-state index in [4.69, 9.17) is 0 Å². The second-order valence-electron chi connectivity index (χ2n) is 6.14. The van der Waals surface area contributed by atoms with Crippen molar-refractivity contribution in [2.75, 3.05) is 13.1 Å². The fourth-order valence-corrected chi connectivity index (χ4v) is 4.17. The van der Waals surface area contributed by atoms with Crippen LogP contribution in [0.5, 0.6) is 0 Å². The minimum absolute atomic E-state index is 0.0752. The fraction of sp³-hybridized carbons (Fsp3) is 0.529. The van der Waals surface area contributed by atoms with E-state index in [0.717, 1.165) is 36.3 Å². The average Bonchev–Trinajstić information content (AvgIpc) is 3.06. The van der Waals surface area contributed by atoms with Crippen LogP contribution in [0.4, 0.5) is 4.39 Å². The minimum Gasteiger partial charge on any atom is -0.310 e. The third kappa shape index (κ3) is 3.28. The lowest BCUT2D eigenvalue weighted by Crippen LogP contribution is -2.23. The molecule has 2 nitrogen and oxygen atoms in total. The Morgan fingerprint density at radius 3 is 2.76 bits per heavy atom. The van der Waals surface area contributed by atoms with Crippen molar-refractivity contribution in [2.24, 2.45) is 0 Å². The van der Waals surface area contributed by atoms with Gasteiger partial charge in [0.05, 0.1) is 0 Å². The first-order chi connectivity index (χ1) is 10.1. The van der Waals surface area contributed by atoms with Crippen LogP contribution in [0, 0.1) is 5.82 Å². The quantitative estimate of drug-likeness (QED) is 0.893. The molecule has 0 atom stereocenters. The van der Waals surface area contributed by atoms with Gasteiger partial charge in [0.15, 0.2) is 0 Å². The maximum absolute atomic E-state index is 14.3. The van der Waals surface area contributed by atoms with Crippen molar-refractivity contribution >= 4 is 21.4 Å². The first kappa shape index (κ1) is 14.9. The summed E-state index contributed by atoms with van der Waals surface area (Å²) in [6.45, 7) is 8.30. The van der Waals surface area contributed by atoms with Crippen LogP contribution in [-0.2, 0) is 13.1 Å². The van der Waals surface area contributed by atoms with Crippen molar-refractivity contribution < 1.29 is 4.39 Å². The number of rotatable bonds is 5. The third-order valence-corrected chi connectivity index (χ3v) is 5.30. The molecule has 0 bridgehead atoms. The Labute approximate surface area is 130 Å². The number of nitrogens with one attached hydrogen (secondary N) is 1. The Balaban J connectivity index is 1.96. The maximum Gasteiger partial charge on any atom is 0.132 e. The van der Waals surface area contributed by atoms with Gasteiger partial charge < -0.3 is 5.32 Å². The van der Waals surface area contributed by atoms with Gasteiger partial charge in [0, 0.05) is 34.1 Å². The maximum atomic E-state index is 14.3. The van der Waals surface area contributed by atoms with Crippen molar-refractivity contribution in [3.63, 3.8) is 0 Å². The summed E-state index contributed by atoms with van der Waals surface area (Å²) in [5.74, 6) is -0.0752. The monoisotopic (exact) mass is 306 g/mol. The summed E-state index contributed by atoms with van der Waals surface area (Å²) in [4.78, 5) is 3.74. The molecule has 21 heavy (non-hydrogen) atoms. The minimum atomic E-state index is -0.0752. The summed E-state index contributed by atoms with van der Waals surface area (Å²) in [5, 5.41) is 4.32.